The summed E-state index contributed by atoms with van der Waals surface area (Å²) >= 11 is 0. The maximum Gasteiger partial charge on any atom is 0.326 e. The lowest BCUT2D eigenvalue weighted by Gasteiger charge is -2.08. The summed E-state index contributed by atoms with van der Waals surface area (Å²) in [5.74, 6) is -1.85. The van der Waals surface area contributed by atoms with Crippen molar-refractivity contribution in [2.75, 3.05) is 12.3 Å². The molecule has 0 radical (unpaired) electrons. The van der Waals surface area contributed by atoms with Gasteiger partial charge in [-0.1, -0.05) is 12.1 Å². The molecule has 26 heavy (non-hydrogen) atoms. The number of H-pyrrole nitrogens is 2. The molecule has 11 heteroatoms. The van der Waals surface area contributed by atoms with Gasteiger partial charge in [-0.25, -0.2) is 4.79 Å². The van der Waals surface area contributed by atoms with Crippen LogP contribution in [0.3, 0.4) is 0 Å². The third kappa shape index (κ3) is 4.56. The highest BCUT2D eigenvalue weighted by molar-refractivity contribution is 5.97. The first-order valence-electron chi connectivity index (χ1n) is 7.33. The Morgan fingerprint density at radius 2 is 1.62 bits per heavy atom. The molecule has 1 heterocycles. The van der Waals surface area contributed by atoms with Gasteiger partial charge in [0.15, 0.2) is 0 Å². The fourth-order valence-corrected chi connectivity index (χ4v) is 1.99. The average Bonchev–Trinajstić information content (AvgIpc) is 2.61. The number of amides is 3. The van der Waals surface area contributed by atoms with Crippen molar-refractivity contribution >= 4 is 23.4 Å². The Labute approximate surface area is 145 Å². The van der Waals surface area contributed by atoms with Crippen LogP contribution in [0.25, 0.3) is 0 Å². The predicted molar refractivity (Wildman–Crippen MR) is 91.2 cm³/mol. The van der Waals surface area contributed by atoms with E-state index < -0.39 is 34.7 Å². The van der Waals surface area contributed by atoms with Crippen LogP contribution in [0, 0.1) is 0 Å². The number of benzene rings is 1. The van der Waals surface area contributed by atoms with Crippen molar-refractivity contribution in [2.45, 2.75) is 6.54 Å². The molecular weight excluding hydrogens is 344 g/mol. The summed E-state index contributed by atoms with van der Waals surface area (Å²) in [6, 6.07) is 6.18. The minimum absolute atomic E-state index is 0.0658. The van der Waals surface area contributed by atoms with Crippen LogP contribution in [0.15, 0.2) is 33.9 Å². The Balaban J connectivity index is 2.01. The SMILES string of the molecule is NC(=O)CNC(=O)c1ccc(CNC(=O)c2[nH]c(=O)[nH]c(=O)c2N)cc1. The van der Waals surface area contributed by atoms with Gasteiger partial charge in [0, 0.05) is 12.1 Å². The predicted octanol–water partition coefficient (Wildman–Crippen LogP) is -2.21. The summed E-state index contributed by atoms with van der Waals surface area (Å²) in [5.41, 5.74) is 8.94. The number of hydrogen-bond donors (Lipinski definition) is 6. The van der Waals surface area contributed by atoms with Gasteiger partial charge in [0.1, 0.15) is 11.4 Å². The lowest BCUT2D eigenvalue weighted by Crippen LogP contribution is -2.33. The molecule has 136 valence electrons. The Morgan fingerprint density at radius 3 is 2.23 bits per heavy atom. The second kappa shape index (κ2) is 7.79. The van der Waals surface area contributed by atoms with Crippen LogP contribution >= 0.6 is 0 Å². The number of primary amides is 1. The van der Waals surface area contributed by atoms with E-state index in [1.165, 1.54) is 12.1 Å². The molecule has 0 unspecified atom stereocenters. The number of nitrogen functional groups attached to an aromatic ring is 1. The number of rotatable bonds is 6. The zero-order chi connectivity index (χ0) is 19.3. The molecule has 2 rings (SSSR count). The van der Waals surface area contributed by atoms with E-state index >= 15 is 0 Å². The highest BCUT2D eigenvalue weighted by Gasteiger charge is 2.14. The fourth-order valence-electron chi connectivity index (χ4n) is 1.99. The molecule has 0 saturated carbocycles. The molecule has 0 atom stereocenters. The van der Waals surface area contributed by atoms with Crippen LogP contribution in [0.5, 0.6) is 0 Å². The van der Waals surface area contributed by atoms with Crippen LogP contribution in [0.2, 0.25) is 0 Å². The van der Waals surface area contributed by atoms with Crippen LogP contribution in [0.1, 0.15) is 26.4 Å². The summed E-state index contributed by atoms with van der Waals surface area (Å²) in [7, 11) is 0. The molecule has 3 amide bonds. The van der Waals surface area contributed by atoms with E-state index in [0.717, 1.165) is 0 Å². The third-order valence-corrected chi connectivity index (χ3v) is 3.30. The van der Waals surface area contributed by atoms with E-state index in [-0.39, 0.29) is 18.8 Å². The van der Waals surface area contributed by atoms with Crippen molar-refractivity contribution in [1.29, 1.82) is 0 Å². The van der Waals surface area contributed by atoms with Crippen molar-refractivity contribution in [2.24, 2.45) is 5.73 Å². The molecule has 0 aliphatic heterocycles. The zero-order valence-electron chi connectivity index (χ0n) is 13.4. The molecule has 1 aromatic carbocycles. The summed E-state index contributed by atoms with van der Waals surface area (Å²) in [5, 5.41) is 4.84. The van der Waals surface area contributed by atoms with Crippen LogP contribution in [0.4, 0.5) is 5.69 Å². The Bertz CT molecular complexity index is 960. The molecule has 0 bridgehead atoms. The number of nitrogens with two attached hydrogens (primary N) is 2. The Hall–Kier alpha value is -3.89. The van der Waals surface area contributed by atoms with Crippen molar-refractivity contribution in [3.05, 3.63) is 61.9 Å². The van der Waals surface area contributed by atoms with Crippen LogP contribution in [-0.4, -0.2) is 34.2 Å². The molecule has 1 aromatic heterocycles. The quantitative estimate of drug-likeness (QED) is 0.338. The van der Waals surface area contributed by atoms with Gasteiger partial charge in [-0.2, -0.15) is 0 Å². The standard InChI is InChI=1S/C15H16N6O5/c16-9(22)6-19-12(23)8-3-1-7(2-4-8)5-18-14(25)11-10(17)13(24)21-15(26)20-11/h1-4H,5-6,17H2,(H2,16,22)(H,18,25)(H,19,23)(H2,20,21,24,26). The average molecular weight is 360 g/mol. The summed E-state index contributed by atoms with van der Waals surface area (Å²) < 4.78 is 0. The fraction of sp³-hybridized carbons (Fsp3) is 0.133. The second-order valence-electron chi connectivity index (χ2n) is 5.23. The van der Waals surface area contributed by atoms with Crippen molar-refractivity contribution in [1.82, 2.24) is 20.6 Å². The van der Waals surface area contributed by atoms with Gasteiger partial charge in [-0.15, -0.1) is 0 Å². The first kappa shape index (κ1) is 18.4. The number of nitrogens with one attached hydrogen (secondary N) is 4. The first-order chi connectivity index (χ1) is 12.3. The van der Waals surface area contributed by atoms with Crippen molar-refractivity contribution < 1.29 is 14.4 Å². The largest absolute Gasteiger partial charge is 0.392 e. The number of anilines is 1. The van der Waals surface area contributed by atoms with Crippen molar-refractivity contribution in [3.8, 4) is 0 Å². The number of carbonyl (C=O) groups excluding carboxylic acids is 3. The van der Waals surface area contributed by atoms with Gasteiger partial charge < -0.3 is 27.1 Å². The molecule has 0 saturated heterocycles. The number of carbonyl (C=O) groups is 3. The lowest BCUT2D eigenvalue weighted by molar-refractivity contribution is -0.117. The second-order valence-corrected chi connectivity index (χ2v) is 5.23. The van der Waals surface area contributed by atoms with E-state index in [9.17, 15) is 24.0 Å². The van der Waals surface area contributed by atoms with Crippen LogP contribution in [-0.2, 0) is 11.3 Å². The molecule has 11 nitrogen and oxygen atoms in total. The van der Waals surface area contributed by atoms with Crippen molar-refractivity contribution in [3.63, 3.8) is 0 Å². The molecule has 2 aromatic rings. The topological polar surface area (TPSA) is 193 Å². The van der Waals surface area contributed by atoms with Crippen LogP contribution < -0.4 is 33.3 Å². The smallest absolute Gasteiger partial charge is 0.326 e. The minimum Gasteiger partial charge on any atom is -0.392 e. The van der Waals surface area contributed by atoms with Gasteiger partial charge in [0.2, 0.25) is 5.91 Å². The molecular formula is C15H16N6O5. The Kier molecular flexibility index (Phi) is 5.53. The van der Waals surface area contributed by atoms with E-state index in [1.54, 1.807) is 12.1 Å². The highest BCUT2D eigenvalue weighted by Crippen LogP contribution is 2.05. The molecule has 0 aliphatic carbocycles. The van der Waals surface area contributed by atoms with Gasteiger partial charge in [0.05, 0.1) is 6.54 Å². The zero-order valence-corrected chi connectivity index (χ0v) is 13.4. The molecule has 8 N–H and O–H groups in total. The van der Waals surface area contributed by atoms with E-state index in [1.807, 2.05) is 4.98 Å². The summed E-state index contributed by atoms with van der Waals surface area (Å²) in [4.78, 5) is 61.1. The van der Waals surface area contributed by atoms with Gasteiger partial charge in [-0.05, 0) is 17.7 Å². The number of aromatic nitrogens is 2. The molecule has 0 fully saturated rings. The summed E-state index contributed by atoms with van der Waals surface area (Å²) in [6.07, 6.45) is 0. The van der Waals surface area contributed by atoms with Gasteiger partial charge in [0.25, 0.3) is 17.4 Å². The Morgan fingerprint density at radius 1 is 0.962 bits per heavy atom. The molecule has 0 spiro atoms. The molecule has 0 aliphatic rings. The third-order valence-electron chi connectivity index (χ3n) is 3.30. The van der Waals surface area contributed by atoms with E-state index in [2.05, 4.69) is 15.6 Å². The normalized spacial score (nSPS) is 10.2. The van der Waals surface area contributed by atoms with E-state index in [4.69, 9.17) is 11.5 Å². The first-order valence-corrected chi connectivity index (χ1v) is 7.33. The minimum atomic E-state index is -0.856. The van der Waals surface area contributed by atoms with E-state index in [0.29, 0.717) is 11.1 Å². The maximum absolute atomic E-state index is 12.0. The number of hydrogen-bond acceptors (Lipinski definition) is 6. The lowest BCUT2D eigenvalue weighted by atomic mass is 10.1. The number of aromatic amines is 2. The monoisotopic (exact) mass is 360 g/mol. The maximum atomic E-state index is 12.0. The van der Waals surface area contributed by atoms with Gasteiger partial charge >= 0.3 is 5.69 Å². The highest BCUT2D eigenvalue weighted by atomic mass is 16.2. The van der Waals surface area contributed by atoms with Gasteiger partial charge in [-0.3, -0.25) is 24.2 Å². The summed E-state index contributed by atoms with van der Waals surface area (Å²) in [6.45, 7) is -0.206.